The Morgan fingerprint density at radius 2 is 1.77 bits per heavy atom. The Morgan fingerprint density at radius 1 is 1.10 bits per heavy atom. The van der Waals surface area contributed by atoms with Crippen molar-refractivity contribution in [1.29, 1.82) is 0 Å². The number of rotatable bonds is 6. The smallest absolute Gasteiger partial charge is 0.243 e. The first-order valence-corrected chi connectivity index (χ1v) is 11.4. The summed E-state index contributed by atoms with van der Waals surface area (Å²) in [5.41, 5.74) is 0.498. The topological polar surface area (TPSA) is 83.6 Å². The van der Waals surface area contributed by atoms with Gasteiger partial charge < -0.3 is 5.32 Å². The Labute approximate surface area is 180 Å². The second kappa shape index (κ2) is 9.23. The van der Waals surface area contributed by atoms with Gasteiger partial charge in [0.15, 0.2) is 5.78 Å². The maximum atomic E-state index is 13.9. The number of hydrogen-bond donors (Lipinski definition) is 1. The van der Waals surface area contributed by atoms with E-state index in [1.54, 1.807) is 13.0 Å². The van der Waals surface area contributed by atoms with Gasteiger partial charge in [0, 0.05) is 36.2 Å². The van der Waals surface area contributed by atoms with Crippen molar-refractivity contribution in [2.45, 2.75) is 37.6 Å². The molecule has 0 aliphatic carbocycles. The molecule has 2 aromatic carbocycles. The van der Waals surface area contributed by atoms with Gasteiger partial charge in [-0.3, -0.25) is 9.59 Å². The number of piperidine rings is 1. The molecule has 0 radical (unpaired) electrons. The van der Waals surface area contributed by atoms with E-state index in [1.165, 1.54) is 35.5 Å². The quantitative estimate of drug-likeness (QED) is 0.684. The number of halogens is 2. The Hall–Kier alpha value is -2.65. The predicted octanol–water partition coefficient (Wildman–Crippen LogP) is 3.45. The largest absolute Gasteiger partial charge is 0.349 e. The van der Waals surface area contributed by atoms with Crippen LogP contribution in [0.25, 0.3) is 0 Å². The molecule has 9 heteroatoms. The lowest BCUT2D eigenvalue weighted by molar-refractivity contribution is -0.126. The molecule has 1 fully saturated rings. The van der Waals surface area contributed by atoms with Crippen molar-refractivity contribution >= 4 is 21.7 Å². The molecule has 2 aromatic rings. The average molecular weight is 451 g/mol. The van der Waals surface area contributed by atoms with E-state index in [9.17, 15) is 26.8 Å². The Bertz CT molecular complexity index is 1100. The van der Waals surface area contributed by atoms with Gasteiger partial charge in [0.2, 0.25) is 15.9 Å². The molecule has 3 rings (SSSR count). The van der Waals surface area contributed by atoms with Gasteiger partial charge in [-0.1, -0.05) is 18.2 Å². The highest BCUT2D eigenvalue weighted by Gasteiger charge is 2.33. The van der Waals surface area contributed by atoms with Crippen molar-refractivity contribution < 1.29 is 26.8 Å². The van der Waals surface area contributed by atoms with Gasteiger partial charge >= 0.3 is 0 Å². The fourth-order valence-electron chi connectivity index (χ4n) is 3.64. The number of sulfonamides is 1. The van der Waals surface area contributed by atoms with Gasteiger partial charge in [-0.25, -0.2) is 17.2 Å². The molecule has 1 amide bonds. The number of carbonyl (C=O) groups excluding carboxylic acids is 2. The minimum absolute atomic E-state index is 0.0449. The first kappa shape index (κ1) is 23.0. The van der Waals surface area contributed by atoms with E-state index in [0.29, 0.717) is 18.4 Å². The van der Waals surface area contributed by atoms with Gasteiger partial charge in [-0.15, -0.1) is 0 Å². The van der Waals surface area contributed by atoms with Crippen LogP contribution in [0.4, 0.5) is 8.78 Å². The van der Waals surface area contributed by atoms with E-state index in [0.717, 1.165) is 12.1 Å². The standard InChI is InChI=1S/C22H24F2N2O4S/c1-14(20-7-6-18(23)13-21(20)24)25-22(28)16-8-10-26(11-9-16)31(29,30)19-5-3-4-17(12-19)15(2)27/h3-7,12-14,16H,8-11H2,1-2H3,(H,25,28). The maximum absolute atomic E-state index is 13.9. The number of benzene rings is 2. The molecule has 1 aliphatic heterocycles. The normalized spacial score (nSPS) is 16.6. The monoisotopic (exact) mass is 450 g/mol. The summed E-state index contributed by atoms with van der Waals surface area (Å²) >= 11 is 0. The zero-order chi connectivity index (χ0) is 22.8. The van der Waals surface area contributed by atoms with E-state index in [4.69, 9.17) is 0 Å². The van der Waals surface area contributed by atoms with E-state index in [-0.39, 0.29) is 35.2 Å². The van der Waals surface area contributed by atoms with Crippen LogP contribution in [0.15, 0.2) is 47.4 Å². The second-order valence-corrected chi connectivity index (χ2v) is 9.60. The van der Waals surface area contributed by atoms with Crippen molar-refractivity contribution in [1.82, 2.24) is 9.62 Å². The van der Waals surface area contributed by atoms with Crippen LogP contribution >= 0.6 is 0 Å². The molecule has 31 heavy (non-hydrogen) atoms. The van der Waals surface area contributed by atoms with Crippen LogP contribution in [0.3, 0.4) is 0 Å². The first-order valence-electron chi connectivity index (χ1n) is 9.96. The molecule has 1 heterocycles. The maximum Gasteiger partial charge on any atom is 0.243 e. The molecule has 0 saturated carbocycles. The number of carbonyl (C=O) groups is 2. The van der Waals surface area contributed by atoms with Crippen molar-refractivity contribution in [3.63, 3.8) is 0 Å². The summed E-state index contributed by atoms with van der Waals surface area (Å²) in [4.78, 5) is 24.2. The number of Topliss-reactive ketones (excluding diaryl/α,β-unsaturated/α-hetero) is 1. The van der Waals surface area contributed by atoms with Crippen molar-refractivity contribution in [2.24, 2.45) is 5.92 Å². The number of ketones is 1. The van der Waals surface area contributed by atoms with Crippen LogP contribution in [-0.4, -0.2) is 37.5 Å². The molecule has 1 aliphatic rings. The third-order valence-corrected chi connectivity index (χ3v) is 7.39. The molecule has 1 saturated heterocycles. The van der Waals surface area contributed by atoms with Crippen LogP contribution in [0.2, 0.25) is 0 Å². The SMILES string of the molecule is CC(=O)c1cccc(S(=O)(=O)N2CCC(C(=O)NC(C)c3ccc(F)cc3F)CC2)c1. The fraction of sp³-hybridized carbons (Fsp3) is 0.364. The third-order valence-electron chi connectivity index (χ3n) is 5.49. The minimum Gasteiger partial charge on any atom is -0.349 e. The zero-order valence-electron chi connectivity index (χ0n) is 17.3. The predicted molar refractivity (Wildman–Crippen MR) is 111 cm³/mol. The van der Waals surface area contributed by atoms with Gasteiger partial charge in [0.1, 0.15) is 11.6 Å². The zero-order valence-corrected chi connectivity index (χ0v) is 18.1. The second-order valence-electron chi connectivity index (χ2n) is 7.66. The minimum atomic E-state index is -3.78. The fourth-order valence-corrected chi connectivity index (χ4v) is 5.16. The van der Waals surface area contributed by atoms with Gasteiger partial charge in [0.25, 0.3) is 0 Å². The van der Waals surface area contributed by atoms with Crippen LogP contribution in [-0.2, 0) is 14.8 Å². The lowest BCUT2D eigenvalue weighted by Gasteiger charge is -2.31. The summed E-state index contributed by atoms with van der Waals surface area (Å²) in [7, 11) is -3.78. The molecule has 1 atom stereocenters. The molecule has 1 unspecified atom stereocenters. The highest BCUT2D eigenvalue weighted by Crippen LogP contribution is 2.26. The Kier molecular flexibility index (Phi) is 6.86. The highest BCUT2D eigenvalue weighted by molar-refractivity contribution is 7.89. The van der Waals surface area contributed by atoms with E-state index < -0.39 is 33.6 Å². The summed E-state index contributed by atoms with van der Waals surface area (Å²) in [6, 6.07) is 8.43. The number of nitrogens with zero attached hydrogens (tertiary/aromatic N) is 1. The van der Waals surface area contributed by atoms with Gasteiger partial charge in [-0.05, 0) is 44.9 Å². The number of nitrogens with one attached hydrogen (secondary N) is 1. The highest BCUT2D eigenvalue weighted by atomic mass is 32.2. The van der Waals surface area contributed by atoms with E-state index in [1.807, 2.05) is 0 Å². The molecular formula is C22H24F2N2O4S. The number of amides is 1. The Balaban J connectivity index is 1.62. The molecule has 0 bridgehead atoms. The molecule has 6 nitrogen and oxygen atoms in total. The van der Waals surface area contributed by atoms with Crippen LogP contribution in [0.5, 0.6) is 0 Å². The van der Waals surface area contributed by atoms with E-state index >= 15 is 0 Å². The summed E-state index contributed by atoms with van der Waals surface area (Å²) < 4.78 is 54.1. The molecule has 0 spiro atoms. The molecule has 166 valence electrons. The van der Waals surface area contributed by atoms with Crippen LogP contribution in [0, 0.1) is 17.6 Å². The summed E-state index contributed by atoms with van der Waals surface area (Å²) in [6.07, 6.45) is 0.631. The van der Waals surface area contributed by atoms with Crippen molar-refractivity contribution in [3.05, 3.63) is 65.2 Å². The lowest BCUT2D eigenvalue weighted by Crippen LogP contribution is -2.43. The number of hydrogen-bond acceptors (Lipinski definition) is 4. The van der Waals surface area contributed by atoms with Gasteiger partial charge in [0.05, 0.1) is 10.9 Å². The average Bonchev–Trinajstić information content (AvgIpc) is 2.73. The van der Waals surface area contributed by atoms with Crippen LogP contribution in [0.1, 0.15) is 48.7 Å². The third kappa shape index (κ3) is 5.16. The van der Waals surface area contributed by atoms with Gasteiger partial charge in [-0.2, -0.15) is 4.31 Å². The van der Waals surface area contributed by atoms with E-state index in [2.05, 4.69) is 5.32 Å². The molecular weight excluding hydrogens is 426 g/mol. The summed E-state index contributed by atoms with van der Waals surface area (Å²) in [5, 5.41) is 2.72. The first-order chi connectivity index (χ1) is 14.6. The Morgan fingerprint density at radius 3 is 2.39 bits per heavy atom. The van der Waals surface area contributed by atoms with Crippen LogP contribution < -0.4 is 5.32 Å². The van der Waals surface area contributed by atoms with Crippen molar-refractivity contribution in [2.75, 3.05) is 13.1 Å². The molecule has 0 aromatic heterocycles. The summed E-state index contributed by atoms with van der Waals surface area (Å²) in [5.74, 6) is -2.37. The molecule has 1 N–H and O–H groups in total. The van der Waals surface area contributed by atoms with Crippen molar-refractivity contribution in [3.8, 4) is 0 Å². The summed E-state index contributed by atoms with van der Waals surface area (Å²) in [6.45, 7) is 3.29. The lowest BCUT2D eigenvalue weighted by atomic mass is 9.96.